The summed E-state index contributed by atoms with van der Waals surface area (Å²) in [6.07, 6.45) is 0. The Morgan fingerprint density at radius 1 is 1.16 bits per heavy atom. The van der Waals surface area contributed by atoms with Gasteiger partial charge in [-0.15, -0.1) is 0 Å². The highest BCUT2D eigenvalue weighted by Crippen LogP contribution is 2.40. The van der Waals surface area contributed by atoms with E-state index in [2.05, 4.69) is 26.6 Å². The maximum Gasteiger partial charge on any atom is 0.282 e. The number of ether oxygens (including phenoxy) is 2. The van der Waals surface area contributed by atoms with Crippen LogP contribution in [0.1, 0.15) is 27.0 Å². The first-order chi connectivity index (χ1) is 17.7. The van der Waals surface area contributed by atoms with Crippen LogP contribution in [-0.4, -0.2) is 31.5 Å². The van der Waals surface area contributed by atoms with E-state index in [-0.39, 0.29) is 40.3 Å². The molecule has 0 saturated carbocycles. The Bertz CT molecular complexity index is 1400. The second-order valence-electron chi connectivity index (χ2n) is 7.62. The molecular formula is C25H21BrClFN4O5. The highest BCUT2D eigenvalue weighted by molar-refractivity contribution is 9.10. The summed E-state index contributed by atoms with van der Waals surface area (Å²) in [6, 6.07) is 11.7. The van der Waals surface area contributed by atoms with Crippen LogP contribution in [0.15, 0.2) is 46.9 Å². The third-order valence-corrected chi connectivity index (χ3v) is 6.52. The fourth-order valence-electron chi connectivity index (χ4n) is 3.62. The summed E-state index contributed by atoms with van der Waals surface area (Å²) in [4.78, 5) is 24.7. The largest absolute Gasteiger partial charge is 0.497 e. The third kappa shape index (κ3) is 6.35. The highest BCUT2D eigenvalue weighted by atomic mass is 79.9. The van der Waals surface area contributed by atoms with Crippen molar-refractivity contribution in [3.63, 3.8) is 0 Å². The number of nitrogens with zero attached hydrogens (tertiary/aromatic N) is 2. The van der Waals surface area contributed by atoms with Crippen molar-refractivity contribution < 1.29 is 23.6 Å². The summed E-state index contributed by atoms with van der Waals surface area (Å²) < 4.78 is 24.7. The van der Waals surface area contributed by atoms with Crippen molar-refractivity contribution in [2.45, 2.75) is 13.1 Å². The molecule has 0 saturated heterocycles. The lowest BCUT2D eigenvalue weighted by molar-refractivity contribution is -0.385. The van der Waals surface area contributed by atoms with Gasteiger partial charge in [-0.2, -0.15) is 5.26 Å². The number of nitriles is 1. The smallest absolute Gasteiger partial charge is 0.282 e. The molecule has 0 fully saturated rings. The summed E-state index contributed by atoms with van der Waals surface area (Å²) >= 11 is 9.49. The van der Waals surface area contributed by atoms with Gasteiger partial charge >= 0.3 is 0 Å². The van der Waals surface area contributed by atoms with Gasteiger partial charge in [-0.05, 0) is 51.8 Å². The molecule has 0 heterocycles. The second kappa shape index (κ2) is 12.5. The van der Waals surface area contributed by atoms with Gasteiger partial charge < -0.3 is 20.1 Å². The number of anilines is 1. The minimum absolute atomic E-state index is 0.00323. The zero-order valence-corrected chi connectivity index (χ0v) is 22.1. The van der Waals surface area contributed by atoms with Crippen LogP contribution in [0, 0.1) is 27.3 Å². The molecule has 0 aliphatic rings. The van der Waals surface area contributed by atoms with Crippen LogP contribution in [0.5, 0.6) is 11.5 Å². The van der Waals surface area contributed by atoms with E-state index >= 15 is 0 Å². The minimum atomic E-state index is -0.829. The van der Waals surface area contributed by atoms with Gasteiger partial charge in [0.1, 0.15) is 22.9 Å². The number of nitro benzene ring substituents is 1. The number of carbonyl (C=O) groups excluding carboxylic acids is 1. The number of carbonyl (C=O) groups is 1. The molecule has 0 spiro atoms. The molecule has 0 atom stereocenters. The molecule has 0 bridgehead atoms. The van der Waals surface area contributed by atoms with Crippen molar-refractivity contribution in [1.82, 2.24) is 5.32 Å². The number of methoxy groups -OCH3 is 2. The molecule has 3 aromatic rings. The Labute approximate surface area is 225 Å². The minimum Gasteiger partial charge on any atom is -0.497 e. The van der Waals surface area contributed by atoms with Gasteiger partial charge in [-0.3, -0.25) is 14.9 Å². The van der Waals surface area contributed by atoms with Gasteiger partial charge in [0.2, 0.25) is 5.78 Å². The van der Waals surface area contributed by atoms with Crippen LogP contribution < -0.4 is 20.1 Å². The molecule has 0 amide bonds. The molecule has 0 aromatic heterocycles. The van der Waals surface area contributed by atoms with E-state index in [4.69, 9.17) is 26.3 Å². The van der Waals surface area contributed by atoms with Crippen molar-refractivity contribution in [2.24, 2.45) is 0 Å². The first kappa shape index (κ1) is 27.9. The molecule has 3 rings (SSSR count). The predicted molar refractivity (Wildman–Crippen MR) is 140 cm³/mol. The van der Waals surface area contributed by atoms with Gasteiger partial charge in [0, 0.05) is 36.3 Å². The number of nitrogens with one attached hydrogen (secondary N) is 2. The zero-order chi connectivity index (χ0) is 27.1. The number of benzene rings is 3. The maximum absolute atomic E-state index is 13.9. The molecule has 0 radical (unpaired) electrons. The average molecular weight is 592 g/mol. The first-order valence-corrected chi connectivity index (χ1v) is 11.9. The lowest BCUT2D eigenvalue weighted by atomic mass is 9.98. The lowest BCUT2D eigenvalue weighted by Crippen LogP contribution is -2.17. The van der Waals surface area contributed by atoms with E-state index in [1.807, 2.05) is 6.07 Å². The topological polar surface area (TPSA) is 127 Å². The highest BCUT2D eigenvalue weighted by Gasteiger charge is 2.30. The molecule has 12 heteroatoms. The van der Waals surface area contributed by atoms with Crippen LogP contribution in [-0.2, 0) is 13.1 Å². The van der Waals surface area contributed by atoms with E-state index in [9.17, 15) is 19.3 Å². The van der Waals surface area contributed by atoms with Crippen molar-refractivity contribution >= 4 is 44.7 Å². The Balaban J connectivity index is 2.14. The van der Waals surface area contributed by atoms with Crippen LogP contribution in [0.2, 0.25) is 5.02 Å². The zero-order valence-electron chi connectivity index (χ0n) is 19.7. The maximum atomic E-state index is 13.9. The number of halogens is 3. The van der Waals surface area contributed by atoms with Crippen molar-refractivity contribution in [3.05, 3.63) is 90.1 Å². The fourth-order valence-corrected chi connectivity index (χ4v) is 4.60. The molecule has 37 heavy (non-hydrogen) atoms. The van der Waals surface area contributed by atoms with Gasteiger partial charge in [-0.1, -0.05) is 11.6 Å². The Hall–Kier alpha value is -3.72. The molecule has 192 valence electrons. The molecular weight excluding hydrogens is 571 g/mol. The van der Waals surface area contributed by atoms with Crippen molar-refractivity contribution in [3.8, 4) is 17.6 Å². The van der Waals surface area contributed by atoms with E-state index in [0.717, 1.165) is 17.7 Å². The number of ketones is 1. The van der Waals surface area contributed by atoms with E-state index < -0.39 is 22.2 Å². The first-order valence-electron chi connectivity index (χ1n) is 10.7. The van der Waals surface area contributed by atoms with Gasteiger partial charge in [0.15, 0.2) is 0 Å². The summed E-state index contributed by atoms with van der Waals surface area (Å²) in [7, 11) is 3.04. The van der Waals surface area contributed by atoms with Crippen molar-refractivity contribution in [2.75, 3.05) is 26.1 Å². The summed E-state index contributed by atoms with van der Waals surface area (Å²) in [5.41, 5.74) is 0.506. The molecule has 3 aromatic carbocycles. The van der Waals surface area contributed by atoms with Crippen LogP contribution >= 0.6 is 27.5 Å². The summed E-state index contributed by atoms with van der Waals surface area (Å²) in [5.74, 6) is -0.409. The molecule has 0 aliphatic carbocycles. The average Bonchev–Trinajstić information content (AvgIpc) is 2.89. The Morgan fingerprint density at radius 3 is 2.57 bits per heavy atom. The van der Waals surface area contributed by atoms with Crippen molar-refractivity contribution in [1.29, 1.82) is 5.26 Å². The molecule has 0 aliphatic heterocycles. The Kier molecular flexibility index (Phi) is 9.41. The monoisotopic (exact) mass is 590 g/mol. The third-order valence-electron chi connectivity index (χ3n) is 5.39. The quantitative estimate of drug-likeness (QED) is 0.0967. The van der Waals surface area contributed by atoms with Crippen LogP contribution in [0.3, 0.4) is 0 Å². The standard InChI is InChI=1S/C25H21BrClFN4O5/c1-36-17-5-3-14(21(11-17)37-2)13-31-24-15(12-30-8-7-29)9-20(32(34)35)22(23(24)26)25(33)18-10-16(28)4-6-19(18)27/h3-6,9-11,30-31H,8,12-13H2,1-2H3. The number of nitro groups is 1. The van der Waals surface area contributed by atoms with E-state index in [1.54, 1.807) is 18.2 Å². The van der Waals surface area contributed by atoms with E-state index in [0.29, 0.717) is 22.7 Å². The second-order valence-corrected chi connectivity index (χ2v) is 8.82. The van der Waals surface area contributed by atoms with Crippen LogP contribution in [0.4, 0.5) is 15.8 Å². The summed E-state index contributed by atoms with van der Waals surface area (Å²) in [5, 5.41) is 26.9. The van der Waals surface area contributed by atoms with Gasteiger partial charge in [0.25, 0.3) is 5.69 Å². The lowest BCUT2D eigenvalue weighted by Gasteiger charge is -2.18. The predicted octanol–water partition coefficient (Wildman–Crippen LogP) is 5.62. The van der Waals surface area contributed by atoms with E-state index in [1.165, 1.54) is 26.4 Å². The molecule has 0 unspecified atom stereocenters. The number of rotatable bonds is 11. The number of hydrogen-bond donors (Lipinski definition) is 2. The van der Waals surface area contributed by atoms with Gasteiger partial charge in [0.05, 0.1) is 46.9 Å². The van der Waals surface area contributed by atoms with Gasteiger partial charge in [-0.25, -0.2) is 4.39 Å². The number of hydrogen-bond acceptors (Lipinski definition) is 8. The normalized spacial score (nSPS) is 10.5. The SMILES string of the molecule is COc1ccc(CNc2c(CNCC#N)cc([N+](=O)[O-])c(C(=O)c3cc(F)ccc3Cl)c2Br)c(OC)c1. The molecule has 9 nitrogen and oxygen atoms in total. The van der Waals surface area contributed by atoms with Crippen LogP contribution in [0.25, 0.3) is 0 Å². The fraction of sp³-hybridized carbons (Fsp3) is 0.200. The Morgan fingerprint density at radius 2 is 1.92 bits per heavy atom. The summed E-state index contributed by atoms with van der Waals surface area (Å²) in [6.45, 7) is 0.296. The molecule has 2 N–H and O–H groups in total.